The van der Waals surface area contributed by atoms with E-state index in [1.54, 1.807) is 10.8 Å². The summed E-state index contributed by atoms with van der Waals surface area (Å²) in [6.45, 7) is 7.25. The third kappa shape index (κ3) is 3.30. The number of rotatable bonds is 5. The Balaban J connectivity index is 1.80. The van der Waals surface area contributed by atoms with Crippen LogP contribution < -0.4 is 4.90 Å². The molecule has 1 aliphatic heterocycles. The fourth-order valence-electron chi connectivity index (χ4n) is 3.23. The lowest BCUT2D eigenvalue weighted by molar-refractivity contribution is 0.162. The molecule has 1 saturated heterocycles. The maximum atomic E-state index is 9.10. The first-order valence-electron chi connectivity index (χ1n) is 8.37. The zero-order valence-corrected chi connectivity index (χ0v) is 14.2. The number of nitrogens with zero attached hydrogens (tertiary/aromatic N) is 6. The number of aliphatic hydroxyl groups excluding tert-OH is 1. The summed E-state index contributed by atoms with van der Waals surface area (Å²) in [5.74, 6) is 0.369. The highest BCUT2D eigenvalue weighted by molar-refractivity contribution is 5.68. The molecule has 0 bridgehead atoms. The zero-order valence-electron chi connectivity index (χ0n) is 14.2. The molecule has 0 radical (unpaired) electrons. The Morgan fingerprint density at radius 1 is 1.35 bits per heavy atom. The van der Waals surface area contributed by atoms with Crippen molar-refractivity contribution in [1.29, 1.82) is 0 Å². The van der Waals surface area contributed by atoms with Gasteiger partial charge in [-0.05, 0) is 31.9 Å². The summed E-state index contributed by atoms with van der Waals surface area (Å²) in [5, 5.41) is 21.9. The first-order valence-corrected chi connectivity index (χ1v) is 8.37. The summed E-state index contributed by atoms with van der Waals surface area (Å²) >= 11 is 0. The zero-order chi connectivity index (χ0) is 16.4. The van der Waals surface area contributed by atoms with Crippen LogP contribution in [0.3, 0.4) is 0 Å². The molecule has 1 N–H and O–H groups in total. The van der Waals surface area contributed by atoms with E-state index in [9.17, 15) is 0 Å². The Hall–Kier alpha value is -1.73. The van der Waals surface area contributed by atoms with E-state index in [2.05, 4.69) is 52.1 Å². The first-order chi connectivity index (χ1) is 11.1. The standard InChI is InChI=1S/C16H26N6O/c1-12(2)14-10-15(16-18-17-11-22(16)19-14)21-6-4-13(5-7-21)20(3)8-9-23/h10-13,23H,4-9H2,1-3H3. The van der Waals surface area contributed by atoms with Crippen molar-refractivity contribution in [3.8, 4) is 0 Å². The highest BCUT2D eigenvalue weighted by atomic mass is 16.3. The summed E-state index contributed by atoms with van der Waals surface area (Å²) in [7, 11) is 2.09. The highest BCUT2D eigenvalue weighted by Gasteiger charge is 2.24. The summed E-state index contributed by atoms with van der Waals surface area (Å²) in [6, 6.07) is 2.70. The van der Waals surface area contributed by atoms with Gasteiger partial charge >= 0.3 is 0 Å². The summed E-state index contributed by atoms with van der Waals surface area (Å²) in [4.78, 5) is 4.65. The van der Waals surface area contributed by atoms with E-state index in [0.29, 0.717) is 12.0 Å². The third-order valence-corrected chi connectivity index (χ3v) is 4.74. The van der Waals surface area contributed by atoms with Gasteiger partial charge in [-0.15, -0.1) is 10.2 Å². The van der Waals surface area contributed by atoms with E-state index in [-0.39, 0.29) is 6.61 Å². The maximum absolute atomic E-state index is 9.10. The highest BCUT2D eigenvalue weighted by Crippen LogP contribution is 2.27. The van der Waals surface area contributed by atoms with Crippen molar-refractivity contribution in [2.24, 2.45) is 0 Å². The van der Waals surface area contributed by atoms with Crippen LogP contribution in [0.4, 0.5) is 5.69 Å². The average molecular weight is 318 g/mol. The van der Waals surface area contributed by atoms with Crippen molar-refractivity contribution in [3.63, 3.8) is 0 Å². The van der Waals surface area contributed by atoms with Crippen molar-refractivity contribution < 1.29 is 5.11 Å². The van der Waals surface area contributed by atoms with Crippen LogP contribution >= 0.6 is 0 Å². The molecule has 126 valence electrons. The SMILES string of the molecule is CC(C)c1cc(N2CCC(N(C)CCO)CC2)c2nncn2n1. The molecule has 0 aromatic carbocycles. The first kappa shape index (κ1) is 16.1. The molecule has 0 atom stereocenters. The predicted octanol–water partition coefficient (Wildman–Crippen LogP) is 1.14. The molecule has 2 aromatic heterocycles. The number of fused-ring (bicyclic) bond motifs is 1. The summed E-state index contributed by atoms with van der Waals surface area (Å²) in [6.07, 6.45) is 3.86. The van der Waals surface area contributed by atoms with E-state index in [1.807, 2.05) is 0 Å². The van der Waals surface area contributed by atoms with Gasteiger partial charge in [-0.25, -0.2) is 0 Å². The van der Waals surface area contributed by atoms with E-state index in [1.165, 1.54) is 0 Å². The van der Waals surface area contributed by atoms with Crippen LogP contribution in [-0.4, -0.2) is 69.1 Å². The lowest BCUT2D eigenvalue weighted by Gasteiger charge is -2.37. The molecular formula is C16H26N6O. The summed E-state index contributed by atoms with van der Waals surface area (Å²) < 4.78 is 1.79. The number of aromatic nitrogens is 4. The smallest absolute Gasteiger partial charge is 0.200 e. The molecule has 0 unspecified atom stereocenters. The van der Waals surface area contributed by atoms with Crippen LogP contribution in [0, 0.1) is 0 Å². The molecule has 7 nitrogen and oxygen atoms in total. The minimum absolute atomic E-state index is 0.221. The molecule has 0 aliphatic carbocycles. The van der Waals surface area contributed by atoms with Gasteiger partial charge in [0.1, 0.15) is 6.33 Å². The molecule has 3 heterocycles. The Labute approximate surface area is 136 Å². The van der Waals surface area contributed by atoms with Crippen molar-refractivity contribution in [3.05, 3.63) is 18.1 Å². The second-order valence-corrected chi connectivity index (χ2v) is 6.63. The van der Waals surface area contributed by atoms with Crippen molar-refractivity contribution >= 4 is 11.3 Å². The molecule has 0 saturated carbocycles. The number of likely N-dealkylation sites (N-methyl/N-ethyl adjacent to an activating group) is 1. The van der Waals surface area contributed by atoms with Gasteiger partial charge in [0.05, 0.1) is 18.0 Å². The maximum Gasteiger partial charge on any atom is 0.200 e. The van der Waals surface area contributed by atoms with Gasteiger partial charge in [-0.1, -0.05) is 13.8 Å². The molecule has 7 heteroatoms. The average Bonchev–Trinajstić information content (AvgIpc) is 3.02. The quantitative estimate of drug-likeness (QED) is 0.891. The normalized spacial score (nSPS) is 16.9. The second-order valence-electron chi connectivity index (χ2n) is 6.63. The van der Waals surface area contributed by atoms with Gasteiger partial charge in [-0.3, -0.25) is 0 Å². The lowest BCUT2D eigenvalue weighted by atomic mass is 10.0. The van der Waals surface area contributed by atoms with Gasteiger partial charge in [0.2, 0.25) is 5.65 Å². The summed E-state index contributed by atoms with van der Waals surface area (Å²) in [5.41, 5.74) is 3.02. The van der Waals surface area contributed by atoms with E-state index in [0.717, 1.165) is 49.5 Å². The molecule has 0 spiro atoms. The van der Waals surface area contributed by atoms with E-state index in [4.69, 9.17) is 5.11 Å². The Morgan fingerprint density at radius 3 is 2.74 bits per heavy atom. The number of hydrogen-bond donors (Lipinski definition) is 1. The number of anilines is 1. The van der Waals surface area contributed by atoms with Crippen LogP contribution in [0.1, 0.15) is 38.3 Å². The van der Waals surface area contributed by atoms with Crippen molar-refractivity contribution in [2.75, 3.05) is 38.2 Å². The molecule has 1 aliphatic rings. The Morgan fingerprint density at radius 2 is 2.09 bits per heavy atom. The molecule has 0 amide bonds. The van der Waals surface area contributed by atoms with E-state index < -0.39 is 0 Å². The fraction of sp³-hybridized carbons (Fsp3) is 0.688. The molecule has 2 aromatic rings. The minimum Gasteiger partial charge on any atom is -0.395 e. The van der Waals surface area contributed by atoms with Crippen LogP contribution in [0.2, 0.25) is 0 Å². The number of piperidine rings is 1. The van der Waals surface area contributed by atoms with Gasteiger partial charge < -0.3 is 14.9 Å². The predicted molar refractivity (Wildman–Crippen MR) is 89.8 cm³/mol. The third-order valence-electron chi connectivity index (χ3n) is 4.74. The van der Waals surface area contributed by atoms with Crippen molar-refractivity contribution in [2.45, 2.75) is 38.6 Å². The van der Waals surface area contributed by atoms with Gasteiger partial charge in [0.15, 0.2) is 0 Å². The van der Waals surface area contributed by atoms with Gasteiger partial charge in [0.25, 0.3) is 0 Å². The van der Waals surface area contributed by atoms with Crippen molar-refractivity contribution in [1.82, 2.24) is 24.7 Å². The topological polar surface area (TPSA) is 69.8 Å². The molecule has 23 heavy (non-hydrogen) atoms. The number of aliphatic hydroxyl groups is 1. The molecule has 3 rings (SSSR count). The molecule has 1 fully saturated rings. The van der Waals surface area contributed by atoms with Crippen LogP contribution in [0.25, 0.3) is 5.65 Å². The largest absolute Gasteiger partial charge is 0.395 e. The fourth-order valence-corrected chi connectivity index (χ4v) is 3.23. The van der Waals surface area contributed by atoms with E-state index >= 15 is 0 Å². The van der Waals surface area contributed by atoms with Gasteiger partial charge in [0, 0.05) is 25.7 Å². The Bertz CT molecular complexity index is 647. The second kappa shape index (κ2) is 6.80. The minimum atomic E-state index is 0.221. The van der Waals surface area contributed by atoms with Gasteiger partial charge in [-0.2, -0.15) is 9.61 Å². The molecular weight excluding hydrogens is 292 g/mol. The number of hydrogen-bond acceptors (Lipinski definition) is 6. The Kier molecular flexibility index (Phi) is 4.77. The van der Waals surface area contributed by atoms with Crippen LogP contribution in [0.5, 0.6) is 0 Å². The van der Waals surface area contributed by atoms with Crippen LogP contribution in [-0.2, 0) is 0 Å². The van der Waals surface area contributed by atoms with Crippen LogP contribution in [0.15, 0.2) is 12.4 Å². The monoisotopic (exact) mass is 318 g/mol. The lowest BCUT2D eigenvalue weighted by Crippen LogP contribution is -2.44.